The number of pyridine rings is 3. The third-order valence-electron chi connectivity index (χ3n) is 13.5. The van der Waals surface area contributed by atoms with Crippen LogP contribution in [0.3, 0.4) is 0 Å². The van der Waals surface area contributed by atoms with Gasteiger partial charge in [-0.15, -0.1) is 0 Å². The SMILES string of the molecule is Cc1cc(C)c(-c2cnccc2-c2ccccc2)c(C)c1B(c1c(C)cc(C)c(-c2cnccc2-c2ccccc2)c1C)c1c(C)cc(C)c(-c2cnccc2-c2ccccc2)c1C. The molecule has 9 aromatic rings. The van der Waals surface area contributed by atoms with Crippen molar-refractivity contribution in [3.8, 4) is 66.8 Å². The molecule has 0 aliphatic carbocycles. The molecule has 0 aliphatic rings. The molecular formula is C60H54BN3. The molecule has 0 saturated carbocycles. The van der Waals surface area contributed by atoms with Crippen LogP contribution in [0.15, 0.2) is 165 Å². The molecule has 0 bridgehead atoms. The third kappa shape index (κ3) is 7.47. The van der Waals surface area contributed by atoms with Gasteiger partial charge >= 0.3 is 0 Å². The van der Waals surface area contributed by atoms with E-state index in [9.17, 15) is 0 Å². The molecule has 3 aromatic heterocycles. The molecule has 9 rings (SSSR count). The van der Waals surface area contributed by atoms with Crippen molar-refractivity contribution in [1.82, 2.24) is 15.0 Å². The molecule has 3 heterocycles. The summed E-state index contributed by atoms with van der Waals surface area (Å²) in [5.41, 5.74) is 29.5. The van der Waals surface area contributed by atoms with Crippen LogP contribution in [-0.2, 0) is 0 Å². The van der Waals surface area contributed by atoms with Gasteiger partial charge in [-0.25, -0.2) is 0 Å². The fourth-order valence-electron chi connectivity index (χ4n) is 11.0. The predicted molar refractivity (Wildman–Crippen MR) is 273 cm³/mol. The number of rotatable bonds is 9. The summed E-state index contributed by atoms with van der Waals surface area (Å²) in [6, 6.07) is 45.9. The van der Waals surface area contributed by atoms with Crippen LogP contribution >= 0.6 is 0 Å². The van der Waals surface area contributed by atoms with Crippen LogP contribution in [0.25, 0.3) is 66.8 Å². The van der Waals surface area contributed by atoms with Gasteiger partial charge in [0.1, 0.15) is 0 Å². The van der Waals surface area contributed by atoms with Gasteiger partial charge in [-0.3, -0.25) is 15.0 Å². The van der Waals surface area contributed by atoms with Gasteiger partial charge in [0, 0.05) is 53.9 Å². The van der Waals surface area contributed by atoms with Crippen molar-refractivity contribution < 1.29 is 0 Å². The molecule has 0 amide bonds. The maximum absolute atomic E-state index is 4.76. The lowest BCUT2D eigenvalue weighted by Gasteiger charge is -2.31. The Bertz CT molecular complexity index is 2850. The fourth-order valence-corrected chi connectivity index (χ4v) is 11.0. The van der Waals surface area contributed by atoms with Crippen molar-refractivity contribution in [3.05, 3.63) is 215 Å². The zero-order valence-corrected chi connectivity index (χ0v) is 38.5. The Morgan fingerprint density at radius 1 is 0.297 bits per heavy atom. The third-order valence-corrected chi connectivity index (χ3v) is 13.5. The largest absolute Gasteiger partial charge is 0.264 e. The van der Waals surface area contributed by atoms with Crippen molar-refractivity contribution in [3.63, 3.8) is 0 Å². The summed E-state index contributed by atoms with van der Waals surface area (Å²) in [6.07, 6.45) is 11.9. The minimum Gasteiger partial charge on any atom is -0.264 e. The lowest BCUT2D eigenvalue weighted by molar-refractivity contribution is 1.29. The van der Waals surface area contributed by atoms with Crippen LogP contribution < -0.4 is 16.4 Å². The van der Waals surface area contributed by atoms with E-state index < -0.39 is 0 Å². The van der Waals surface area contributed by atoms with Crippen molar-refractivity contribution in [2.24, 2.45) is 0 Å². The quantitative estimate of drug-likeness (QED) is 0.136. The van der Waals surface area contributed by atoms with Gasteiger partial charge < -0.3 is 0 Å². The van der Waals surface area contributed by atoms with Gasteiger partial charge in [0.2, 0.25) is 6.71 Å². The van der Waals surface area contributed by atoms with Gasteiger partial charge in [0.25, 0.3) is 0 Å². The van der Waals surface area contributed by atoms with Crippen LogP contribution in [0, 0.1) is 62.3 Å². The Morgan fingerprint density at radius 3 is 0.828 bits per heavy atom. The highest BCUT2D eigenvalue weighted by Crippen LogP contribution is 2.40. The van der Waals surface area contributed by atoms with Crippen LogP contribution in [-0.4, -0.2) is 21.7 Å². The number of hydrogen-bond donors (Lipinski definition) is 0. The zero-order chi connectivity index (χ0) is 44.6. The van der Waals surface area contributed by atoms with E-state index in [1.807, 2.05) is 18.6 Å². The molecule has 6 aromatic carbocycles. The van der Waals surface area contributed by atoms with E-state index >= 15 is 0 Å². The summed E-state index contributed by atoms with van der Waals surface area (Å²) in [4.78, 5) is 14.3. The number of benzene rings is 6. The van der Waals surface area contributed by atoms with Gasteiger partial charge in [-0.05, 0) is 164 Å². The molecule has 0 N–H and O–H groups in total. The van der Waals surface area contributed by atoms with E-state index in [1.165, 1.54) is 117 Å². The molecular weight excluding hydrogens is 773 g/mol. The number of aryl methyl sites for hydroxylation is 6. The number of hydrogen-bond acceptors (Lipinski definition) is 3. The lowest BCUT2D eigenvalue weighted by atomic mass is 9.32. The summed E-state index contributed by atoms with van der Waals surface area (Å²) >= 11 is 0. The molecule has 0 unspecified atom stereocenters. The fraction of sp³-hybridized carbons (Fsp3) is 0.150. The second kappa shape index (κ2) is 17.5. The van der Waals surface area contributed by atoms with Crippen LogP contribution in [0.4, 0.5) is 0 Å². The molecule has 64 heavy (non-hydrogen) atoms. The van der Waals surface area contributed by atoms with Crippen LogP contribution in [0.2, 0.25) is 0 Å². The number of nitrogens with zero attached hydrogens (tertiary/aromatic N) is 3. The van der Waals surface area contributed by atoms with Crippen molar-refractivity contribution in [2.75, 3.05) is 0 Å². The highest BCUT2D eigenvalue weighted by atomic mass is 14.6. The maximum atomic E-state index is 4.76. The minimum atomic E-state index is -0.122. The van der Waals surface area contributed by atoms with E-state index in [1.54, 1.807) is 0 Å². The average molecular weight is 828 g/mol. The molecule has 3 nitrogen and oxygen atoms in total. The summed E-state index contributed by atoms with van der Waals surface area (Å²) in [5.74, 6) is 0. The monoisotopic (exact) mass is 827 g/mol. The summed E-state index contributed by atoms with van der Waals surface area (Å²) in [5, 5.41) is 0. The maximum Gasteiger partial charge on any atom is 0.243 e. The standard InChI is InChI=1S/C60H54BN3/c1-37-31-40(4)58(43(7)55(37)52-34-62-28-25-49(52)46-19-13-10-14-20-46)61(59-41(5)32-38(2)56(44(59)8)53-35-63-29-26-50(53)47-21-15-11-16-22-47)60-42(6)33-39(3)57(45(60)9)54-36-64-30-27-51(54)48-23-17-12-18-24-48/h10-36H,1-9H3. The first kappa shape index (κ1) is 42.2. The molecule has 0 aliphatic heterocycles. The predicted octanol–water partition coefficient (Wildman–Crippen LogP) is 13.2. The van der Waals surface area contributed by atoms with Crippen LogP contribution in [0.1, 0.15) is 50.1 Å². The first-order chi connectivity index (χ1) is 31.0. The van der Waals surface area contributed by atoms with Crippen LogP contribution in [0.5, 0.6) is 0 Å². The second-order valence-corrected chi connectivity index (χ2v) is 17.6. The zero-order valence-electron chi connectivity index (χ0n) is 38.5. The first-order valence-corrected chi connectivity index (χ1v) is 22.4. The molecule has 4 heteroatoms. The van der Waals surface area contributed by atoms with E-state index in [4.69, 9.17) is 15.0 Å². The Morgan fingerprint density at radius 2 is 0.562 bits per heavy atom. The van der Waals surface area contributed by atoms with E-state index in [0.29, 0.717) is 0 Å². The van der Waals surface area contributed by atoms with E-state index in [-0.39, 0.29) is 6.71 Å². The normalized spacial score (nSPS) is 11.2. The molecule has 0 fully saturated rings. The van der Waals surface area contributed by atoms with Crippen molar-refractivity contribution >= 4 is 23.1 Å². The molecule has 312 valence electrons. The van der Waals surface area contributed by atoms with E-state index in [0.717, 1.165) is 16.7 Å². The Hall–Kier alpha value is -7.17. The lowest BCUT2D eigenvalue weighted by Crippen LogP contribution is -2.58. The molecule has 0 atom stereocenters. The van der Waals surface area contributed by atoms with Crippen molar-refractivity contribution in [2.45, 2.75) is 62.3 Å². The summed E-state index contributed by atoms with van der Waals surface area (Å²) < 4.78 is 0. The average Bonchev–Trinajstić information content (AvgIpc) is 3.30. The van der Waals surface area contributed by atoms with Gasteiger partial charge in [-0.1, -0.05) is 142 Å². The van der Waals surface area contributed by atoms with Crippen molar-refractivity contribution in [1.29, 1.82) is 0 Å². The topological polar surface area (TPSA) is 38.7 Å². The molecule has 0 saturated heterocycles. The number of aromatic nitrogens is 3. The smallest absolute Gasteiger partial charge is 0.243 e. The van der Waals surface area contributed by atoms with Gasteiger partial charge in [0.05, 0.1) is 0 Å². The summed E-state index contributed by atoms with van der Waals surface area (Å²) in [6.45, 7) is 20.7. The highest BCUT2D eigenvalue weighted by molar-refractivity contribution is 6.97. The Balaban J connectivity index is 1.39. The summed E-state index contributed by atoms with van der Waals surface area (Å²) in [7, 11) is 0. The van der Waals surface area contributed by atoms with Gasteiger partial charge in [-0.2, -0.15) is 0 Å². The molecule has 0 radical (unpaired) electrons. The Labute approximate surface area is 380 Å². The first-order valence-electron chi connectivity index (χ1n) is 22.4. The Kier molecular flexibility index (Phi) is 11.6. The highest BCUT2D eigenvalue weighted by Gasteiger charge is 2.35. The molecule has 0 spiro atoms. The minimum absolute atomic E-state index is 0.122. The van der Waals surface area contributed by atoms with E-state index in [2.05, 4.69) is 208 Å². The second-order valence-electron chi connectivity index (χ2n) is 17.6. The van der Waals surface area contributed by atoms with Gasteiger partial charge in [0.15, 0.2) is 0 Å².